The van der Waals surface area contributed by atoms with Crippen molar-refractivity contribution in [1.82, 2.24) is 10.3 Å². The lowest BCUT2D eigenvalue weighted by atomic mass is 10.2. The molecule has 112 valence electrons. The quantitative estimate of drug-likeness (QED) is 0.905. The smallest absolute Gasteiger partial charge is 0.416 e. The number of rotatable bonds is 5. The molecule has 0 aliphatic rings. The summed E-state index contributed by atoms with van der Waals surface area (Å²) in [6, 6.07) is 8.05. The molecule has 1 N–H and O–H groups in total. The largest absolute Gasteiger partial charge is 0.439 e. The highest BCUT2D eigenvalue weighted by Crippen LogP contribution is 2.31. The Morgan fingerprint density at radius 3 is 2.33 bits per heavy atom. The molecule has 0 saturated carbocycles. The summed E-state index contributed by atoms with van der Waals surface area (Å²) < 4.78 is 42.7. The Balaban J connectivity index is 2.01. The van der Waals surface area contributed by atoms with Gasteiger partial charge in [0.05, 0.1) is 5.56 Å². The second-order valence-electron chi connectivity index (χ2n) is 4.41. The third-order valence-electron chi connectivity index (χ3n) is 2.78. The zero-order valence-corrected chi connectivity index (χ0v) is 11.4. The third kappa shape index (κ3) is 4.46. The average molecular weight is 296 g/mol. The summed E-state index contributed by atoms with van der Waals surface area (Å²) in [6.45, 7) is 3.59. The Bertz CT molecular complexity index is 565. The minimum atomic E-state index is -4.34. The van der Waals surface area contributed by atoms with Crippen molar-refractivity contribution in [3.63, 3.8) is 0 Å². The molecule has 0 bridgehead atoms. The minimum Gasteiger partial charge on any atom is -0.439 e. The Morgan fingerprint density at radius 2 is 1.81 bits per heavy atom. The number of benzene rings is 1. The summed E-state index contributed by atoms with van der Waals surface area (Å²) in [6.07, 6.45) is -2.67. The Morgan fingerprint density at radius 1 is 1.10 bits per heavy atom. The summed E-state index contributed by atoms with van der Waals surface area (Å²) in [4.78, 5) is 4.11. The van der Waals surface area contributed by atoms with Crippen molar-refractivity contribution in [2.45, 2.75) is 19.6 Å². The number of aromatic nitrogens is 1. The predicted molar refractivity (Wildman–Crippen MR) is 73.1 cm³/mol. The molecule has 6 heteroatoms. The second kappa shape index (κ2) is 6.58. The van der Waals surface area contributed by atoms with Crippen molar-refractivity contribution in [3.05, 3.63) is 53.7 Å². The third-order valence-corrected chi connectivity index (χ3v) is 2.78. The Hall–Kier alpha value is -2.08. The van der Waals surface area contributed by atoms with Crippen LogP contribution in [-0.4, -0.2) is 11.5 Å². The van der Waals surface area contributed by atoms with Crippen LogP contribution in [0.25, 0.3) is 0 Å². The standard InChI is InChI=1S/C15H15F3N2O/c1-2-19-9-11-3-8-14(20-10-11)21-13-6-4-12(5-7-13)15(16,17)18/h3-8,10,19H,2,9H2,1H3. The van der Waals surface area contributed by atoms with Crippen LogP contribution in [0.1, 0.15) is 18.1 Å². The van der Waals surface area contributed by atoms with E-state index in [9.17, 15) is 13.2 Å². The molecule has 0 unspecified atom stereocenters. The van der Waals surface area contributed by atoms with Crippen LogP contribution < -0.4 is 10.1 Å². The van der Waals surface area contributed by atoms with Crippen molar-refractivity contribution in [2.24, 2.45) is 0 Å². The van der Waals surface area contributed by atoms with Gasteiger partial charge in [0.15, 0.2) is 0 Å². The molecule has 2 rings (SSSR count). The summed E-state index contributed by atoms with van der Waals surface area (Å²) in [5.41, 5.74) is 0.306. The fourth-order valence-electron chi connectivity index (χ4n) is 1.68. The minimum absolute atomic E-state index is 0.315. The van der Waals surface area contributed by atoms with Crippen LogP contribution in [0.2, 0.25) is 0 Å². The molecule has 0 aliphatic heterocycles. The lowest BCUT2D eigenvalue weighted by Gasteiger charge is -2.09. The summed E-state index contributed by atoms with van der Waals surface area (Å²) in [5.74, 6) is 0.657. The van der Waals surface area contributed by atoms with E-state index in [1.54, 1.807) is 12.3 Å². The van der Waals surface area contributed by atoms with Crippen LogP contribution in [0.5, 0.6) is 11.6 Å². The normalized spacial score (nSPS) is 11.4. The van der Waals surface area contributed by atoms with Gasteiger partial charge >= 0.3 is 6.18 Å². The van der Waals surface area contributed by atoms with Gasteiger partial charge in [0, 0.05) is 18.8 Å². The number of hydrogen-bond donors (Lipinski definition) is 1. The first-order chi connectivity index (χ1) is 9.99. The van der Waals surface area contributed by atoms with Gasteiger partial charge in [-0.1, -0.05) is 13.0 Å². The molecule has 1 heterocycles. The molecule has 0 radical (unpaired) electrons. The van der Waals surface area contributed by atoms with Gasteiger partial charge in [-0.2, -0.15) is 13.2 Å². The van der Waals surface area contributed by atoms with Gasteiger partial charge in [-0.05, 0) is 36.4 Å². The molecule has 0 amide bonds. The predicted octanol–water partition coefficient (Wildman–Crippen LogP) is 4.00. The molecule has 0 spiro atoms. The molecular weight excluding hydrogens is 281 g/mol. The maximum Gasteiger partial charge on any atom is 0.416 e. The Labute approximate surface area is 120 Å². The number of halogens is 3. The summed E-state index contributed by atoms with van der Waals surface area (Å²) in [7, 11) is 0. The van der Waals surface area contributed by atoms with Crippen LogP contribution in [0, 0.1) is 0 Å². The fraction of sp³-hybridized carbons (Fsp3) is 0.267. The SMILES string of the molecule is CCNCc1ccc(Oc2ccc(C(F)(F)F)cc2)nc1. The summed E-state index contributed by atoms with van der Waals surface area (Å²) >= 11 is 0. The first kappa shape index (κ1) is 15.3. The van der Waals surface area contributed by atoms with E-state index in [4.69, 9.17) is 4.74 Å². The number of nitrogens with zero attached hydrogens (tertiary/aromatic N) is 1. The van der Waals surface area contributed by atoms with E-state index in [-0.39, 0.29) is 0 Å². The van der Waals surface area contributed by atoms with Crippen LogP contribution in [0.15, 0.2) is 42.6 Å². The van der Waals surface area contributed by atoms with Crippen molar-refractivity contribution in [2.75, 3.05) is 6.54 Å². The number of ether oxygens (including phenoxy) is 1. The van der Waals surface area contributed by atoms with Gasteiger partial charge in [0.1, 0.15) is 5.75 Å². The van der Waals surface area contributed by atoms with Crippen LogP contribution >= 0.6 is 0 Å². The molecule has 1 aromatic heterocycles. The van der Waals surface area contributed by atoms with Crippen LogP contribution in [-0.2, 0) is 12.7 Å². The number of hydrogen-bond acceptors (Lipinski definition) is 3. The van der Waals surface area contributed by atoms with Crippen molar-refractivity contribution in [1.29, 1.82) is 0 Å². The Kier molecular flexibility index (Phi) is 4.80. The number of alkyl halides is 3. The van der Waals surface area contributed by atoms with Gasteiger partial charge in [-0.3, -0.25) is 0 Å². The molecule has 0 saturated heterocycles. The number of pyridine rings is 1. The molecule has 21 heavy (non-hydrogen) atoms. The molecule has 2 aromatic rings. The van der Waals surface area contributed by atoms with E-state index in [0.717, 1.165) is 24.2 Å². The lowest BCUT2D eigenvalue weighted by Crippen LogP contribution is -2.11. The van der Waals surface area contributed by atoms with E-state index in [1.165, 1.54) is 12.1 Å². The lowest BCUT2D eigenvalue weighted by molar-refractivity contribution is -0.137. The second-order valence-corrected chi connectivity index (χ2v) is 4.41. The van der Waals surface area contributed by atoms with E-state index in [1.807, 2.05) is 13.0 Å². The molecule has 1 aromatic carbocycles. The topological polar surface area (TPSA) is 34.1 Å². The van der Waals surface area contributed by atoms with Gasteiger partial charge in [-0.25, -0.2) is 4.98 Å². The van der Waals surface area contributed by atoms with Gasteiger partial charge in [-0.15, -0.1) is 0 Å². The van der Waals surface area contributed by atoms with Crippen molar-refractivity contribution < 1.29 is 17.9 Å². The van der Waals surface area contributed by atoms with E-state index < -0.39 is 11.7 Å². The zero-order valence-electron chi connectivity index (χ0n) is 11.4. The molecule has 0 fully saturated rings. The zero-order chi connectivity index (χ0) is 15.3. The van der Waals surface area contributed by atoms with Crippen LogP contribution in [0.3, 0.4) is 0 Å². The van der Waals surface area contributed by atoms with Gasteiger partial charge < -0.3 is 10.1 Å². The highest BCUT2D eigenvalue weighted by Gasteiger charge is 2.30. The fourth-order valence-corrected chi connectivity index (χ4v) is 1.68. The first-order valence-electron chi connectivity index (χ1n) is 6.50. The van der Waals surface area contributed by atoms with E-state index in [2.05, 4.69) is 10.3 Å². The summed E-state index contributed by atoms with van der Waals surface area (Å²) in [5, 5.41) is 3.17. The maximum atomic E-state index is 12.4. The molecule has 0 aliphatic carbocycles. The molecule has 0 atom stereocenters. The maximum absolute atomic E-state index is 12.4. The van der Waals surface area contributed by atoms with Crippen molar-refractivity contribution in [3.8, 4) is 11.6 Å². The molecule has 3 nitrogen and oxygen atoms in total. The first-order valence-corrected chi connectivity index (χ1v) is 6.50. The monoisotopic (exact) mass is 296 g/mol. The number of nitrogens with one attached hydrogen (secondary N) is 1. The van der Waals surface area contributed by atoms with Crippen LogP contribution in [0.4, 0.5) is 13.2 Å². The highest BCUT2D eigenvalue weighted by molar-refractivity contribution is 5.32. The van der Waals surface area contributed by atoms with Gasteiger partial charge in [0.25, 0.3) is 0 Å². The van der Waals surface area contributed by atoms with E-state index >= 15 is 0 Å². The average Bonchev–Trinajstić information content (AvgIpc) is 2.46. The van der Waals surface area contributed by atoms with Gasteiger partial charge in [0.2, 0.25) is 5.88 Å². The van der Waals surface area contributed by atoms with E-state index in [0.29, 0.717) is 18.2 Å². The van der Waals surface area contributed by atoms with Crippen molar-refractivity contribution >= 4 is 0 Å². The highest BCUT2D eigenvalue weighted by atomic mass is 19.4. The molecular formula is C15H15F3N2O.